The Balaban J connectivity index is 1.30. The number of piperazine rings is 1. The molecule has 4 aromatic rings. The molecule has 9 nitrogen and oxygen atoms in total. The van der Waals surface area contributed by atoms with E-state index in [9.17, 15) is 13.6 Å². The third kappa shape index (κ3) is 4.64. The van der Waals surface area contributed by atoms with Gasteiger partial charge in [0.05, 0.1) is 5.52 Å². The third-order valence-electron chi connectivity index (χ3n) is 5.61. The molecule has 0 spiro atoms. The van der Waals surface area contributed by atoms with E-state index < -0.39 is 11.4 Å². The maximum Gasteiger partial charge on any atom is 0.290 e. The van der Waals surface area contributed by atoms with Crippen molar-refractivity contribution in [1.82, 2.24) is 24.8 Å². The van der Waals surface area contributed by atoms with E-state index in [1.165, 1.54) is 18.5 Å². The van der Waals surface area contributed by atoms with E-state index in [-0.39, 0.29) is 34.3 Å². The fourth-order valence-corrected chi connectivity index (χ4v) is 3.87. The Morgan fingerprint density at radius 2 is 1.76 bits per heavy atom. The topological polar surface area (TPSA) is 113 Å². The fourth-order valence-electron chi connectivity index (χ4n) is 3.87. The Bertz CT molecular complexity index is 1390. The van der Waals surface area contributed by atoms with E-state index in [0.717, 1.165) is 50.4 Å². The van der Waals surface area contributed by atoms with Gasteiger partial charge in [0.25, 0.3) is 5.56 Å². The maximum absolute atomic E-state index is 14.1. The van der Waals surface area contributed by atoms with Crippen molar-refractivity contribution in [3.63, 3.8) is 0 Å². The van der Waals surface area contributed by atoms with Gasteiger partial charge >= 0.3 is 0 Å². The number of H-pyrrole nitrogens is 1. The predicted octanol–water partition coefficient (Wildman–Crippen LogP) is 2.69. The maximum atomic E-state index is 14.1. The molecule has 0 radical (unpaired) electrons. The average Bonchev–Trinajstić information content (AvgIpc) is 2.82. The van der Waals surface area contributed by atoms with E-state index in [1.54, 1.807) is 18.2 Å². The van der Waals surface area contributed by atoms with Crippen molar-refractivity contribution in [2.75, 3.05) is 36.8 Å². The molecular formula is C23H21F2N7O2. The molecule has 3 N–H and O–H groups in total. The molecule has 11 heteroatoms. The molecule has 0 bridgehead atoms. The lowest BCUT2D eigenvalue weighted by molar-refractivity contribution is 0.249. The van der Waals surface area contributed by atoms with Crippen LogP contribution >= 0.6 is 0 Å². The number of halogens is 2. The molecule has 1 aliphatic heterocycles. The molecule has 0 saturated carbocycles. The quantitative estimate of drug-likeness (QED) is 0.463. The van der Waals surface area contributed by atoms with Gasteiger partial charge in [-0.05, 0) is 23.8 Å². The number of anilines is 2. The average molecular weight is 465 g/mol. The van der Waals surface area contributed by atoms with Gasteiger partial charge < -0.3 is 20.4 Å². The molecule has 174 valence electrons. The van der Waals surface area contributed by atoms with Gasteiger partial charge in [0.2, 0.25) is 5.88 Å². The van der Waals surface area contributed by atoms with Gasteiger partial charge in [0.1, 0.15) is 29.3 Å². The summed E-state index contributed by atoms with van der Waals surface area (Å²) in [6, 6.07) is 10.5. The Kier molecular flexibility index (Phi) is 5.76. The number of nitrogen functional groups attached to an aromatic ring is 1. The molecular weight excluding hydrogens is 444 g/mol. The Morgan fingerprint density at radius 3 is 2.53 bits per heavy atom. The highest BCUT2D eigenvalue weighted by atomic mass is 19.1. The highest BCUT2D eigenvalue weighted by molar-refractivity contribution is 5.82. The van der Waals surface area contributed by atoms with Crippen LogP contribution in [-0.2, 0) is 6.54 Å². The molecule has 1 fully saturated rings. The minimum absolute atomic E-state index is 0.0757. The molecule has 1 aliphatic rings. The van der Waals surface area contributed by atoms with Crippen molar-refractivity contribution in [3.8, 4) is 11.6 Å². The zero-order valence-corrected chi connectivity index (χ0v) is 18.0. The second-order valence-electron chi connectivity index (χ2n) is 7.96. The number of nitrogens with two attached hydrogens (primary N) is 1. The second-order valence-corrected chi connectivity index (χ2v) is 7.96. The highest BCUT2D eigenvalue weighted by Crippen LogP contribution is 2.29. The largest absolute Gasteiger partial charge is 0.436 e. The predicted molar refractivity (Wildman–Crippen MR) is 123 cm³/mol. The van der Waals surface area contributed by atoms with Gasteiger partial charge in [0, 0.05) is 44.9 Å². The van der Waals surface area contributed by atoms with E-state index in [0.29, 0.717) is 5.82 Å². The van der Waals surface area contributed by atoms with E-state index in [4.69, 9.17) is 10.5 Å². The lowest BCUT2D eigenvalue weighted by Gasteiger charge is -2.35. The minimum atomic E-state index is -0.605. The van der Waals surface area contributed by atoms with Crippen LogP contribution in [0.15, 0.2) is 53.6 Å². The number of rotatable bonds is 5. The summed E-state index contributed by atoms with van der Waals surface area (Å²) in [6.45, 7) is 3.84. The van der Waals surface area contributed by atoms with Crippen LogP contribution in [0.5, 0.6) is 11.6 Å². The SMILES string of the molecule is Nc1nc2c(Oc3cc(N4CCN(Cc5ccc(F)cc5)CC4)ncn3)cc(F)cc2[nH]c1=O. The molecule has 2 aromatic heterocycles. The number of hydrogen-bond donors (Lipinski definition) is 2. The molecule has 2 aromatic carbocycles. The van der Waals surface area contributed by atoms with Gasteiger partial charge in [0.15, 0.2) is 11.6 Å². The summed E-state index contributed by atoms with van der Waals surface area (Å²) in [7, 11) is 0. The third-order valence-corrected chi connectivity index (χ3v) is 5.61. The van der Waals surface area contributed by atoms with Crippen LogP contribution in [0.4, 0.5) is 20.4 Å². The van der Waals surface area contributed by atoms with Crippen molar-refractivity contribution in [3.05, 3.63) is 76.3 Å². The molecule has 34 heavy (non-hydrogen) atoms. The summed E-state index contributed by atoms with van der Waals surface area (Å²) >= 11 is 0. The summed E-state index contributed by atoms with van der Waals surface area (Å²) < 4.78 is 33.0. The minimum Gasteiger partial charge on any atom is -0.436 e. The van der Waals surface area contributed by atoms with Crippen LogP contribution in [-0.4, -0.2) is 51.0 Å². The number of benzene rings is 2. The van der Waals surface area contributed by atoms with Gasteiger partial charge in [-0.3, -0.25) is 9.69 Å². The van der Waals surface area contributed by atoms with E-state index in [2.05, 4.69) is 29.7 Å². The van der Waals surface area contributed by atoms with Crippen LogP contribution in [0.25, 0.3) is 11.0 Å². The fraction of sp³-hybridized carbons (Fsp3) is 0.217. The van der Waals surface area contributed by atoms with Gasteiger partial charge in [-0.15, -0.1) is 0 Å². The number of nitrogens with one attached hydrogen (secondary N) is 1. The van der Waals surface area contributed by atoms with Crippen LogP contribution in [0.3, 0.4) is 0 Å². The molecule has 1 saturated heterocycles. The summed E-state index contributed by atoms with van der Waals surface area (Å²) in [5, 5.41) is 0. The Morgan fingerprint density at radius 1 is 1.00 bits per heavy atom. The number of aromatic nitrogens is 4. The van der Waals surface area contributed by atoms with Crippen molar-refractivity contribution >= 4 is 22.7 Å². The lowest BCUT2D eigenvalue weighted by Crippen LogP contribution is -2.46. The first-order valence-corrected chi connectivity index (χ1v) is 10.7. The first kappa shape index (κ1) is 21.7. The lowest BCUT2D eigenvalue weighted by atomic mass is 10.2. The van der Waals surface area contributed by atoms with Crippen molar-refractivity contribution < 1.29 is 13.5 Å². The van der Waals surface area contributed by atoms with Gasteiger partial charge in [-0.2, -0.15) is 0 Å². The van der Waals surface area contributed by atoms with Crippen LogP contribution in [0.2, 0.25) is 0 Å². The molecule has 0 aliphatic carbocycles. The summed E-state index contributed by atoms with van der Waals surface area (Å²) in [6.07, 6.45) is 1.38. The number of ether oxygens (including phenoxy) is 1. The molecule has 0 unspecified atom stereocenters. The van der Waals surface area contributed by atoms with Crippen molar-refractivity contribution in [2.24, 2.45) is 0 Å². The smallest absolute Gasteiger partial charge is 0.290 e. The molecule has 3 heterocycles. The normalized spacial score (nSPS) is 14.5. The van der Waals surface area contributed by atoms with E-state index >= 15 is 0 Å². The number of hydrogen-bond acceptors (Lipinski definition) is 8. The summed E-state index contributed by atoms with van der Waals surface area (Å²) in [5.41, 5.74) is 6.46. The zero-order valence-electron chi connectivity index (χ0n) is 18.0. The molecule has 5 rings (SSSR count). The number of nitrogens with zero attached hydrogens (tertiary/aromatic N) is 5. The summed E-state index contributed by atoms with van der Waals surface area (Å²) in [4.78, 5) is 31.1. The zero-order chi connectivity index (χ0) is 23.7. The van der Waals surface area contributed by atoms with Crippen molar-refractivity contribution in [1.29, 1.82) is 0 Å². The number of fused-ring (bicyclic) bond motifs is 1. The number of aromatic amines is 1. The highest BCUT2D eigenvalue weighted by Gasteiger charge is 2.19. The van der Waals surface area contributed by atoms with Gasteiger partial charge in [-0.25, -0.2) is 23.7 Å². The van der Waals surface area contributed by atoms with Crippen LogP contribution < -0.4 is 20.9 Å². The Labute approximate surface area is 192 Å². The second kappa shape index (κ2) is 9.02. The van der Waals surface area contributed by atoms with Crippen LogP contribution in [0, 0.1) is 11.6 Å². The standard InChI is InChI=1S/C23H21F2N7O2/c24-15-3-1-14(2-4-15)12-31-5-7-32(8-6-31)19-11-20(28-13-27-19)34-18-10-16(25)9-17-21(18)30-22(26)23(33)29-17/h1-4,9-11,13H,5-8,12H2,(H2,26,30)(H,29,33). The molecule has 0 amide bonds. The first-order valence-electron chi connectivity index (χ1n) is 10.7. The van der Waals surface area contributed by atoms with Crippen LogP contribution in [0.1, 0.15) is 5.56 Å². The Hall–Kier alpha value is -4.12. The van der Waals surface area contributed by atoms with Gasteiger partial charge in [-0.1, -0.05) is 12.1 Å². The first-order chi connectivity index (χ1) is 16.4. The summed E-state index contributed by atoms with van der Waals surface area (Å²) in [5.74, 6) is -0.131. The molecule has 0 atom stereocenters. The van der Waals surface area contributed by atoms with E-state index in [1.807, 2.05) is 0 Å². The monoisotopic (exact) mass is 465 g/mol. The van der Waals surface area contributed by atoms with Crippen molar-refractivity contribution in [2.45, 2.75) is 6.54 Å².